The molecule has 5 nitrogen and oxygen atoms in total. The van der Waals surface area contributed by atoms with Crippen LogP contribution in [0.2, 0.25) is 0 Å². The van der Waals surface area contributed by atoms with Gasteiger partial charge in [-0.15, -0.1) is 0 Å². The zero-order valence-corrected chi connectivity index (χ0v) is 9.89. The van der Waals surface area contributed by atoms with Gasteiger partial charge >= 0.3 is 5.69 Å². The second-order valence-electron chi connectivity index (χ2n) is 4.54. The lowest BCUT2D eigenvalue weighted by atomic mass is 10.1. The van der Waals surface area contributed by atoms with Gasteiger partial charge in [-0.3, -0.25) is 9.13 Å². The molecule has 0 radical (unpaired) electrons. The van der Waals surface area contributed by atoms with E-state index in [9.17, 15) is 4.79 Å². The average molecular weight is 232 g/mol. The Bertz CT molecular complexity index is 592. The molecule has 0 unspecified atom stereocenters. The standard InChI is InChI=1S/C12H16N4O/c1-15-10-3-2-6-14-11(10)16(12(15)17)9-4-7-13-8-5-9/h2-3,6,9,13H,4-5,7-8H2,1H3. The van der Waals surface area contributed by atoms with Crippen molar-refractivity contribution >= 4 is 11.2 Å². The Morgan fingerprint density at radius 2 is 2.18 bits per heavy atom. The lowest BCUT2D eigenvalue weighted by molar-refractivity contribution is 0.364. The Kier molecular flexibility index (Phi) is 2.48. The maximum atomic E-state index is 12.3. The Labute approximate surface area is 99.1 Å². The number of hydrogen-bond donors (Lipinski definition) is 1. The minimum Gasteiger partial charge on any atom is -0.317 e. The first kappa shape index (κ1) is 10.5. The second-order valence-corrected chi connectivity index (χ2v) is 4.54. The molecule has 3 heterocycles. The van der Waals surface area contributed by atoms with Gasteiger partial charge in [0.1, 0.15) is 0 Å². The van der Waals surface area contributed by atoms with Crippen LogP contribution in [0.4, 0.5) is 0 Å². The van der Waals surface area contributed by atoms with Gasteiger partial charge in [0.2, 0.25) is 0 Å². The first-order chi connectivity index (χ1) is 8.29. The third-order valence-corrected chi connectivity index (χ3v) is 3.52. The van der Waals surface area contributed by atoms with E-state index in [1.165, 1.54) is 0 Å². The van der Waals surface area contributed by atoms with E-state index in [0.717, 1.165) is 37.1 Å². The summed E-state index contributed by atoms with van der Waals surface area (Å²) in [5.74, 6) is 0. The van der Waals surface area contributed by atoms with Gasteiger partial charge in [0.25, 0.3) is 0 Å². The van der Waals surface area contributed by atoms with Crippen LogP contribution in [-0.4, -0.2) is 27.2 Å². The summed E-state index contributed by atoms with van der Waals surface area (Å²) in [5.41, 5.74) is 1.77. The number of piperidine rings is 1. The Hall–Kier alpha value is -1.62. The fourth-order valence-electron chi connectivity index (χ4n) is 2.59. The molecule has 3 rings (SSSR count). The molecule has 0 atom stereocenters. The van der Waals surface area contributed by atoms with Crippen molar-refractivity contribution in [2.24, 2.45) is 7.05 Å². The fraction of sp³-hybridized carbons (Fsp3) is 0.500. The van der Waals surface area contributed by atoms with E-state index in [1.54, 1.807) is 10.8 Å². The molecule has 1 aliphatic rings. The molecule has 1 N–H and O–H groups in total. The molecular weight excluding hydrogens is 216 g/mol. The number of imidazole rings is 1. The van der Waals surface area contributed by atoms with Gasteiger partial charge in [-0.25, -0.2) is 9.78 Å². The zero-order valence-electron chi connectivity index (χ0n) is 9.89. The molecular formula is C12H16N4O. The van der Waals surface area contributed by atoms with Crippen LogP contribution in [0.1, 0.15) is 18.9 Å². The van der Waals surface area contributed by atoms with E-state index in [-0.39, 0.29) is 11.7 Å². The molecule has 2 aromatic rings. The highest BCUT2D eigenvalue weighted by atomic mass is 16.1. The van der Waals surface area contributed by atoms with Crippen molar-refractivity contribution < 1.29 is 0 Å². The highest BCUT2D eigenvalue weighted by Crippen LogP contribution is 2.21. The largest absolute Gasteiger partial charge is 0.330 e. The fourth-order valence-corrected chi connectivity index (χ4v) is 2.59. The van der Waals surface area contributed by atoms with Crippen molar-refractivity contribution in [3.8, 4) is 0 Å². The van der Waals surface area contributed by atoms with Gasteiger partial charge in [-0.05, 0) is 38.1 Å². The number of aryl methyl sites for hydroxylation is 1. The predicted molar refractivity (Wildman–Crippen MR) is 66.1 cm³/mol. The van der Waals surface area contributed by atoms with Gasteiger partial charge in [0, 0.05) is 19.3 Å². The summed E-state index contributed by atoms with van der Waals surface area (Å²) in [6.45, 7) is 1.95. The van der Waals surface area contributed by atoms with E-state index in [1.807, 2.05) is 23.7 Å². The minimum atomic E-state index is 0.0469. The van der Waals surface area contributed by atoms with Crippen LogP contribution in [0.5, 0.6) is 0 Å². The molecule has 0 aromatic carbocycles. The van der Waals surface area contributed by atoms with Crippen molar-refractivity contribution in [2.45, 2.75) is 18.9 Å². The lowest BCUT2D eigenvalue weighted by Crippen LogP contribution is -2.34. The summed E-state index contributed by atoms with van der Waals surface area (Å²) in [7, 11) is 1.81. The first-order valence-corrected chi connectivity index (χ1v) is 6.01. The molecule has 0 spiro atoms. The van der Waals surface area contributed by atoms with Crippen molar-refractivity contribution in [3.63, 3.8) is 0 Å². The number of rotatable bonds is 1. The van der Waals surface area contributed by atoms with E-state index in [2.05, 4.69) is 10.3 Å². The molecule has 2 aromatic heterocycles. The number of pyridine rings is 1. The molecule has 0 aliphatic carbocycles. The van der Waals surface area contributed by atoms with Gasteiger partial charge in [-0.1, -0.05) is 0 Å². The molecule has 0 saturated carbocycles. The van der Waals surface area contributed by atoms with Crippen molar-refractivity contribution in [2.75, 3.05) is 13.1 Å². The van der Waals surface area contributed by atoms with Crippen LogP contribution in [0, 0.1) is 0 Å². The summed E-state index contributed by atoms with van der Waals surface area (Å²) >= 11 is 0. The van der Waals surface area contributed by atoms with Gasteiger partial charge in [0.15, 0.2) is 5.65 Å². The molecule has 1 aliphatic heterocycles. The molecule has 1 saturated heterocycles. The quantitative estimate of drug-likeness (QED) is 0.786. The van der Waals surface area contributed by atoms with E-state index < -0.39 is 0 Å². The van der Waals surface area contributed by atoms with Gasteiger partial charge < -0.3 is 5.32 Å². The molecule has 1 fully saturated rings. The van der Waals surface area contributed by atoms with E-state index >= 15 is 0 Å². The third kappa shape index (κ3) is 1.58. The molecule has 0 amide bonds. The molecule has 0 bridgehead atoms. The van der Waals surface area contributed by atoms with Crippen LogP contribution in [0.25, 0.3) is 11.2 Å². The van der Waals surface area contributed by atoms with Crippen molar-refractivity contribution in [1.29, 1.82) is 0 Å². The topological polar surface area (TPSA) is 51.9 Å². The van der Waals surface area contributed by atoms with Crippen LogP contribution in [-0.2, 0) is 7.05 Å². The SMILES string of the molecule is Cn1c(=O)n(C2CCNCC2)c2ncccc21. The lowest BCUT2D eigenvalue weighted by Gasteiger charge is -2.23. The van der Waals surface area contributed by atoms with Gasteiger partial charge in [-0.2, -0.15) is 0 Å². The van der Waals surface area contributed by atoms with Crippen LogP contribution < -0.4 is 11.0 Å². The Balaban J connectivity index is 2.21. The third-order valence-electron chi connectivity index (χ3n) is 3.52. The summed E-state index contributed by atoms with van der Waals surface area (Å²) in [5, 5.41) is 3.32. The van der Waals surface area contributed by atoms with E-state index in [0.29, 0.717) is 0 Å². The van der Waals surface area contributed by atoms with Gasteiger partial charge in [0.05, 0.1) is 5.52 Å². The number of nitrogens with one attached hydrogen (secondary N) is 1. The summed E-state index contributed by atoms with van der Waals surface area (Å²) in [6.07, 6.45) is 3.74. The predicted octanol–water partition coefficient (Wildman–Crippen LogP) is 0.659. The van der Waals surface area contributed by atoms with E-state index in [4.69, 9.17) is 0 Å². The van der Waals surface area contributed by atoms with Crippen LogP contribution >= 0.6 is 0 Å². The second kappa shape index (κ2) is 4.00. The zero-order chi connectivity index (χ0) is 11.8. The summed E-state index contributed by atoms with van der Waals surface area (Å²) in [6, 6.07) is 4.10. The Morgan fingerprint density at radius 1 is 1.41 bits per heavy atom. The highest BCUT2D eigenvalue weighted by Gasteiger charge is 2.21. The molecule has 90 valence electrons. The average Bonchev–Trinajstić information content (AvgIpc) is 2.64. The smallest absolute Gasteiger partial charge is 0.317 e. The summed E-state index contributed by atoms with van der Waals surface area (Å²) < 4.78 is 3.54. The first-order valence-electron chi connectivity index (χ1n) is 6.01. The maximum Gasteiger partial charge on any atom is 0.330 e. The number of nitrogens with zero attached hydrogens (tertiary/aromatic N) is 3. The highest BCUT2D eigenvalue weighted by molar-refractivity contribution is 5.71. The molecule has 17 heavy (non-hydrogen) atoms. The maximum absolute atomic E-state index is 12.3. The Morgan fingerprint density at radius 3 is 2.94 bits per heavy atom. The monoisotopic (exact) mass is 232 g/mol. The summed E-state index contributed by atoms with van der Waals surface area (Å²) in [4.78, 5) is 16.6. The number of hydrogen-bond acceptors (Lipinski definition) is 3. The minimum absolute atomic E-state index is 0.0469. The molecule has 5 heteroatoms. The van der Waals surface area contributed by atoms with Crippen molar-refractivity contribution in [1.82, 2.24) is 19.4 Å². The van der Waals surface area contributed by atoms with Crippen molar-refractivity contribution in [3.05, 3.63) is 28.8 Å². The number of fused-ring (bicyclic) bond motifs is 1. The van der Waals surface area contributed by atoms with Crippen LogP contribution in [0.3, 0.4) is 0 Å². The van der Waals surface area contributed by atoms with Crippen LogP contribution in [0.15, 0.2) is 23.1 Å². The normalized spacial score (nSPS) is 17.7. The number of aromatic nitrogens is 3.